The van der Waals surface area contributed by atoms with Crippen LogP contribution in [0.2, 0.25) is 0 Å². The Morgan fingerprint density at radius 2 is 0.404 bits per heavy atom. The highest BCUT2D eigenvalue weighted by Gasteiger charge is 2.18. The maximum Gasteiger partial charge on any atom is 0.306 e. The van der Waals surface area contributed by atoms with E-state index in [9.17, 15) is 28.8 Å². The fourth-order valence-electron chi connectivity index (χ4n) is 13.3. The Hall–Kier alpha value is -3.26. The third kappa shape index (κ3) is 79.8. The highest BCUT2D eigenvalue weighted by atomic mass is 16.6. The van der Waals surface area contributed by atoms with Crippen LogP contribution in [-0.2, 0) is 57.2 Å². The van der Waals surface area contributed by atoms with Crippen LogP contribution >= 0.6 is 0 Å². The summed E-state index contributed by atoms with van der Waals surface area (Å²) >= 11 is 0. The van der Waals surface area contributed by atoms with Crippen molar-refractivity contribution in [1.82, 2.24) is 9.80 Å². The van der Waals surface area contributed by atoms with E-state index in [0.29, 0.717) is 88.6 Å². The molecule has 0 aromatic carbocycles. The van der Waals surface area contributed by atoms with Crippen LogP contribution in [0.25, 0.3) is 0 Å². The van der Waals surface area contributed by atoms with Crippen molar-refractivity contribution in [3.05, 3.63) is 0 Å². The first-order valence-corrected chi connectivity index (χ1v) is 44.1. The third-order valence-corrected chi connectivity index (χ3v) is 20.6. The summed E-state index contributed by atoms with van der Waals surface area (Å²) in [6, 6.07) is 0. The molecule has 104 heavy (non-hydrogen) atoms. The number of carbonyl (C=O) groups excluding carboxylic acids is 6. The number of nitrogens with zero attached hydrogens (tertiary/aromatic N) is 2. The molecule has 0 aliphatic carbocycles. The number of carbonyl (C=O) groups is 6. The molecule has 0 spiro atoms. The Labute approximate surface area is 643 Å². The average Bonchev–Trinajstić information content (AvgIpc) is 1.11. The van der Waals surface area contributed by atoms with Gasteiger partial charge in [0.1, 0.15) is 12.2 Å². The van der Waals surface area contributed by atoms with E-state index in [4.69, 9.17) is 28.4 Å². The molecule has 0 bridgehead atoms. The van der Waals surface area contributed by atoms with Gasteiger partial charge in [0, 0.05) is 38.5 Å². The molecule has 0 N–H and O–H groups in total. The van der Waals surface area contributed by atoms with Crippen LogP contribution in [0, 0.1) is 47.3 Å². The molecule has 0 saturated heterocycles. The largest absolute Gasteiger partial charge is 0.466 e. The van der Waals surface area contributed by atoms with E-state index in [2.05, 4.69) is 92.9 Å². The van der Waals surface area contributed by atoms with Crippen molar-refractivity contribution in [3.8, 4) is 0 Å². The number of hydrogen-bond donors (Lipinski definition) is 0. The van der Waals surface area contributed by atoms with E-state index >= 15 is 0 Å². The topological polar surface area (TPSA) is 164 Å². The fraction of sp³-hybridized carbons (Fsp3) is 0.933. The molecule has 0 aliphatic heterocycles. The van der Waals surface area contributed by atoms with Gasteiger partial charge in [-0.15, -0.1) is 0 Å². The number of hydrogen-bond acceptors (Lipinski definition) is 14. The lowest BCUT2D eigenvalue weighted by Crippen LogP contribution is -2.20. The maximum absolute atomic E-state index is 12.6. The molecule has 0 aromatic rings. The summed E-state index contributed by atoms with van der Waals surface area (Å²) in [6.45, 7) is 31.2. The average molecular weight is 1480 g/mol. The lowest BCUT2D eigenvalue weighted by molar-refractivity contribution is -0.151. The molecule has 0 amide bonds. The van der Waals surface area contributed by atoms with Crippen molar-refractivity contribution in [2.75, 3.05) is 67.7 Å². The van der Waals surface area contributed by atoms with Crippen LogP contribution in [0.3, 0.4) is 0 Å². The molecule has 4 atom stereocenters. The second-order valence-corrected chi connectivity index (χ2v) is 34.4. The van der Waals surface area contributed by atoms with Gasteiger partial charge < -0.3 is 38.2 Å². The predicted octanol–water partition coefficient (Wildman–Crippen LogP) is 24.5. The molecular formula is C90H174N2O12. The number of ether oxygens (including phenoxy) is 6. The van der Waals surface area contributed by atoms with Crippen LogP contribution in [0.4, 0.5) is 0 Å². The first kappa shape index (κ1) is 103. The van der Waals surface area contributed by atoms with E-state index in [1.807, 2.05) is 28.2 Å². The lowest BCUT2D eigenvalue weighted by atomic mass is 9.98. The Morgan fingerprint density at radius 1 is 0.212 bits per heavy atom. The maximum atomic E-state index is 12.6. The predicted molar refractivity (Wildman–Crippen MR) is 437 cm³/mol. The van der Waals surface area contributed by atoms with E-state index in [0.717, 1.165) is 229 Å². The van der Waals surface area contributed by atoms with Crippen molar-refractivity contribution < 1.29 is 57.2 Å². The Kier molecular flexibility index (Phi) is 73.0. The van der Waals surface area contributed by atoms with Crippen molar-refractivity contribution in [1.29, 1.82) is 0 Å². The Bertz CT molecular complexity index is 1850. The molecule has 0 fully saturated rings. The third-order valence-electron chi connectivity index (χ3n) is 20.6. The van der Waals surface area contributed by atoms with E-state index < -0.39 is 0 Å². The smallest absolute Gasteiger partial charge is 0.306 e. The van der Waals surface area contributed by atoms with E-state index in [1.54, 1.807) is 0 Å². The van der Waals surface area contributed by atoms with E-state index in [-0.39, 0.29) is 48.0 Å². The van der Waals surface area contributed by atoms with E-state index in [1.165, 1.54) is 103 Å². The monoisotopic (exact) mass is 1480 g/mol. The summed E-state index contributed by atoms with van der Waals surface area (Å²) < 4.78 is 33.9. The quantitative estimate of drug-likeness (QED) is 0.0321. The standard InChI is InChI=1S/C47H91NO6.C43H83NO6/c1-40(2)26-23-28-42(5)35-38-52-45(49)32-21-17-13-9-11-15-19-30-44(54-47(51)34-25-37-48(7)8)31-20-16-12-10-14-18-22-33-46(50)53-39-36-43(6)29-24-27-41(3)4;1-36(2)22-19-24-38(5)31-34-48-41(45)28-17-13-9-11-15-26-40(50-43(47)30-21-33-44(7)8)27-16-12-10-14-18-29-42(46)49-35-32-39(6)25-20-23-37(3)4/h40-44H,9-39H2,1-8H3;36-40H,9-35H2,1-8H3. The van der Waals surface area contributed by atoms with Gasteiger partial charge >= 0.3 is 35.8 Å². The minimum absolute atomic E-state index is 0.0210. The fourth-order valence-corrected chi connectivity index (χ4v) is 13.3. The first-order valence-electron chi connectivity index (χ1n) is 44.1. The van der Waals surface area contributed by atoms with Crippen LogP contribution in [0.15, 0.2) is 0 Å². The molecule has 616 valence electrons. The van der Waals surface area contributed by atoms with Crippen molar-refractivity contribution in [2.24, 2.45) is 47.3 Å². The molecule has 0 aliphatic rings. The van der Waals surface area contributed by atoms with Gasteiger partial charge in [0.25, 0.3) is 0 Å². The molecule has 0 aromatic heterocycles. The SMILES string of the molecule is CC(C)CCCC(C)CCOC(=O)CCCCCCCC(CCCCCCCC(=O)OCCC(C)CCCC(C)C)OC(=O)CCCN(C)C.CC(C)CCCC(C)CCOC(=O)CCCCCCCCCC(CCCCCCCCCC(=O)OCCC(C)CCCC(C)C)OC(=O)CCCN(C)C. The Balaban J connectivity index is 0. The first-order chi connectivity index (χ1) is 49.8. The number of unbranched alkanes of at least 4 members (excludes halogenated alkanes) is 20. The summed E-state index contributed by atoms with van der Waals surface area (Å²) in [5.74, 6) is 5.18. The van der Waals surface area contributed by atoms with Crippen LogP contribution in [0.1, 0.15) is 417 Å². The summed E-state index contributed by atoms with van der Waals surface area (Å²) in [7, 11) is 8.11. The molecule has 14 nitrogen and oxygen atoms in total. The molecule has 0 saturated carbocycles. The van der Waals surface area contributed by atoms with Crippen LogP contribution < -0.4 is 0 Å². The second kappa shape index (κ2) is 73.9. The van der Waals surface area contributed by atoms with Crippen molar-refractivity contribution in [2.45, 2.75) is 429 Å². The van der Waals surface area contributed by atoms with Crippen molar-refractivity contribution >= 4 is 35.8 Å². The van der Waals surface area contributed by atoms with Gasteiger partial charge in [-0.25, -0.2) is 0 Å². The molecule has 0 rings (SSSR count). The number of rotatable bonds is 74. The molecule has 4 unspecified atom stereocenters. The minimum atomic E-state index is -0.0798. The van der Waals surface area contributed by atoms with Crippen LogP contribution in [-0.4, -0.2) is 126 Å². The molecule has 0 radical (unpaired) electrons. The summed E-state index contributed by atoms with van der Waals surface area (Å²) in [5, 5.41) is 0. The van der Waals surface area contributed by atoms with Gasteiger partial charge in [-0.3, -0.25) is 28.8 Å². The summed E-state index contributed by atoms with van der Waals surface area (Å²) in [5.41, 5.74) is 0. The van der Waals surface area contributed by atoms with Gasteiger partial charge in [-0.1, -0.05) is 263 Å². The number of esters is 6. The van der Waals surface area contributed by atoms with Gasteiger partial charge in [0.2, 0.25) is 0 Å². The normalized spacial score (nSPS) is 13.4. The van der Waals surface area contributed by atoms with Gasteiger partial charge in [-0.2, -0.15) is 0 Å². The van der Waals surface area contributed by atoms with Gasteiger partial charge in [-0.05, 0) is 204 Å². The minimum Gasteiger partial charge on any atom is -0.466 e. The summed E-state index contributed by atoms with van der Waals surface area (Å²) in [6.07, 6.45) is 53.1. The zero-order chi connectivity index (χ0) is 77.6. The molecule has 0 heterocycles. The lowest BCUT2D eigenvalue weighted by Gasteiger charge is -2.18. The zero-order valence-corrected chi connectivity index (χ0v) is 71.6. The summed E-state index contributed by atoms with van der Waals surface area (Å²) in [4.78, 5) is 77.8. The second-order valence-electron chi connectivity index (χ2n) is 34.4. The van der Waals surface area contributed by atoms with Gasteiger partial charge in [0.15, 0.2) is 0 Å². The van der Waals surface area contributed by atoms with Gasteiger partial charge in [0.05, 0.1) is 26.4 Å². The zero-order valence-electron chi connectivity index (χ0n) is 71.6. The van der Waals surface area contributed by atoms with Crippen LogP contribution in [0.5, 0.6) is 0 Å². The molecule has 14 heteroatoms. The van der Waals surface area contributed by atoms with Crippen molar-refractivity contribution in [3.63, 3.8) is 0 Å². The highest BCUT2D eigenvalue weighted by Crippen LogP contribution is 2.24. The highest BCUT2D eigenvalue weighted by molar-refractivity contribution is 5.71. The molecular weight excluding hydrogens is 1300 g/mol. The Morgan fingerprint density at radius 3 is 0.606 bits per heavy atom.